The van der Waals surface area contributed by atoms with Gasteiger partial charge < -0.3 is 10.2 Å². The molecule has 0 bridgehead atoms. The summed E-state index contributed by atoms with van der Waals surface area (Å²) in [6.07, 6.45) is 0. The standard InChI is InChI=1S/C26H22BrFN2O2/c1-17(31)25(18-9-4-2-5-10-18)29-26(32)24-20-13-8-14-22(28)21(20)16-30(23(24)15-27)19-11-6-3-7-12-19/h2-14,25H,15-16H2,1H3,(H,29,32)/t25-/m1/s1. The van der Waals surface area contributed by atoms with Crippen LogP contribution in [0.1, 0.15) is 29.7 Å². The predicted octanol–water partition coefficient (Wildman–Crippen LogP) is 5.40. The van der Waals surface area contributed by atoms with E-state index in [1.165, 1.54) is 13.0 Å². The molecule has 0 aliphatic carbocycles. The lowest BCUT2D eigenvalue weighted by Gasteiger charge is -2.34. The maximum absolute atomic E-state index is 14.8. The van der Waals surface area contributed by atoms with Crippen LogP contribution in [0, 0.1) is 5.82 Å². The van der Waals surface area contributed by atoms with Crippen molar-refractivity contribution in [2.45, 2.75) is 19.5 Å². The number of fused-ring (bicyclic) bond motifs is 1. The van der Waals surface area contributed by atoms with Gasteiger partial charge in [-0.25, -0.2) is 4.39 Å². The van der Waals surface area contributed by atoms with E-state index in [0.29, 0.717) is 39.8 Å². The molecule has 162 valence electrons. The van der Waals surface area contributed by atoms with E-state index in [4.69, 9.17) is 0 Å². The van der Waals surface area contributed by atoms with Crippen LogP contribution in [-0.2, 0) is 16.1 Å². The number of rotatable bonds is 6. The number of ketones is 1. The SMILES string of the molecule is CC(=O)[C@@H](NC(=O)C1=C(CBr)N(c2ccccc2)Cc2c(F)cccc21)c1ccccc1. The van der Waals surface area contributed by atoms with E-state index >= 15 is 0 Å². The lowest BCUT2D eigenvalue weighted by Crippen LogP contribution is -2.38. The van der Waals surface area contributed by atoms with Crippen molar-refractivity contribution >= 4 is 38.9 Å². The van der Waals surface area contributed by atoms with Gasteiger partial charge in [0.1, 0.15) is 11.9 Å². The Balaban J connectivity index is 1.82. The number of benzene rings is 3. The lowest BCUT2D eigenvalue weighted by molar-refractivity contribution is -0.124. The first-order chi connectivity index (χ1) is 15.5. The molecule has 0 radical (unpaired) electrons. The number of allylic oxidation sites excluding steroid dienone is 1. The van der Waals surface area contributed by atoms with E-state index in [9.17, 15) is 14.0 Å². The van der Waals surface area contributed by atoms with Gasteiger partial charge in [-0.05, 0) is 36.2 Å². The van der Waals surface area contributed by atoms with Crippen LogP contribution in [0.3, 0.4) is 0 Å². The number of para-hydroxylation sites is 1. The Morgan fingerprint density at radius 1 is 1.00 bits per heavy atom. The fraction of sp³-hybridized carbons (Fsp3) is 0.154. The van der Waals surface area contributed by atoms with Gasteiger partial charge in [0.15, 0.2) is 5.78 Å². The van der Waals surface area contributed by atoms with Gasteiger partial charge in [0.05, 0.1) is 12.1 Å². The van der Waals surface area contributed by atoms with E-state index in [2.05, 4.69) is 21.2 Å². The van der Waals surface area contributed by atoms with Crippen LogP contribution >= 0.6 is 15.9 Å². The van der Waals surface area contributed by atoms with Crippen molar-refractivity contribution < 1.29 is 14.0 Å². The number of nitrogens with one attached hydrogen (secondary N) is 1. The highest BCUT2D eigenvalue weighted by Crippen LogP contribution is 2.37. The maximum atomic E-state index is 14.8. The molecule has 3 aromatic rings. The first-order valence-electron chi connectivity index (χ1n) is 10.3. The molecule has 1 aliphatic rings. The number of carbonyl (C=O) groups is 2. The van der Waals surface area contributed by atoms with Crippen molar-refractivity contribution in [1.82, 2.24) is 5.32 Å². The number of anilines is 1. The Kier molecular flexibility index (Phi) is 6.51. The smallest absolute Gasteiger partial charge is 0.254 e. The average Bonchev–Trinajstić information content (AvgIpc) is 2.82. The molecule has 1 heterocycles. The Bertz CT molecular complexity index is 1180. The predicted molar refractivity (Wildman–Crippen MR) is 128 cm³/mol. The molecule has 0 aromatic heterocycles. The second-order valence-corrected chi connectivity index (χ2v) is 8.13. The summed E-state index contributed by atoms with van der Waals surface area (Å²) in [5.74, 6) is -0.967. The molecule has 1 atom stereocenters. The molecule has 0 saturated carbocycles. The van der Waals surface area contributed by atoms with E-state index in [1.54, 1.807) is 24.3 Å². The lowest BCUT2D eigenvalue weighted by atomic mass is 9.91. The van der Waals surface area contributed by atoms with Crippen LogP contribution in [0.25, 0.3) is 5.57 Å². The second-order valence-electron chi connectivity index (χ2n) is 7.57. The number of nitrogens with zero attached hydrogens (tertiary/aromatic N) is 1. The van der Waals surface area contributed by atoms with Gasteiger partial charge >= 0.3 is 0 Å². The number of Topliss-reactive ketones (excluding diaryl/α,β-unsaturated/α-hetero) is 1. The summed E-state index contributed by atoms with van der Waals surface area (Å²) < 4.78 is 14.8. The summed E-state index contributed by atoms with van der Waals surface area (Å²) in [5, 5.41) is 3.27. The molecule has 6 heteroatoms. The van der Waals surface area contributed by atoms with Crippen LogP contribution in [0.15, 0.2) is 84.6 Å². The highest BCUT2D eigenvalue weighted by atomic mass is 79.9. The average molecular weight is 493 g/mol. The zero-order chi connectivity index (χ0) is 22.7. The van der Waals surface area contributed by atoms with Gasteiger partial charge in [-0.1, -0.05) is 76.6 Å². The number of amides is 1. The van der Waals surface area contributed by atoms with Gasteiger partial charge in [0.2, 0.25) is 0 Å². The fourth-order valence-electron chi connectivity index (χ4n) is 4.01. The zero-order valence-corrected chi connectivity index (χ0v) is 19.1. The minimum absolute atomic E-state index is 0.180. The normalized spacial score (nSPS) is 14.0. The van der Waals surface area contributed by atoms with Crippen LogP contribution in [-0.4, -0.2) is 17.0 Å². The molecule has 1 N–H and O–H groups in total. The third-order valence-electron chi connectivity index (χ3n) is 5.56. The van der Waals surface area contributed by atoms with Crippen molar-refractivity contribution in [3.05, 3.63) is 107 Å². The minimum atomic E-state index is -0.795. The highest BCUT2D eigenvalue weighted by Gasteiger charge is 2.32. The van der Waals surface area contributed by atoms with Crippen molar-refractivity contribution in [2.75, 3.05) is 10.2 Å². The monoisotopic (exact) mass is 492 g/mol. The Hall–Kier alpha value is -3.25. The van der Waals surface area contributed by atoms with Gasteiger partial charge in [-0.15, -0.1) is 0 Å². The zero-order valence-electron chi connectivity index (χ0n) is 17.5. The summed E-state index contributed by atoms with van der Waals surface area (Å²) >= 11 is 3.53. The third kappa shape index (κ3) is 4.23. The van der Waals surface area contributed by atoms with Crippen LogP contribution in [0.5, 0.6) is 0 Å². The summed E-state index contributed by atoms with van der Waals surface area (Å²) in [6.45, 7) is 1.75. The van der Waals surface area contributed by atoms with Gasteiger partial charge in [0.25, 0.3) is 5.91 Å². The molecule has 1 amide bonds. The summed E-state index contributed by atoms with van der Waals surface area (Å²) in [6, 6.07) is 22.6. The molecule has 32 heavy (non-hydrogen) atoms. The second kappa shape index (κ2) is 9.49. The van der Waals surface area contributed by atoms with Crippen molar-refractivity contribution in [1.29, 1.82) is 0 Å². The van der Waals surface area contributed by atoms with E-state index in [1.807, 2.05) is 53.4 Å². The summed E-state index contributed by atoms with van der Waals surface area (Å²) in [7, 11) is 0. The van der Waals surface area contributed by atoms with E-state index in [0.717, 1.165) is 5.69 Å². The van der Waals surface area contributed by atoms with Crippen LogP contribution in [0.4, 0.5) is 10.1 Å². The molecule has 0 spiro atoms. The first-order valence-corrected chi connectivity index (χ1v) is 11.4. The Labute approximate surface area is 194 Å². The number of hydrogen-bond acceptors (Lipinski definition) is 3. The molecular formula is C26H22BrFN2O2. The van der Waals surface area contributed by atoms with E-state index < -0.39 is 11.9 Å². The third-order valence-corrected chi connectivity index (χ3v) is 6.09. The number of alkyl halides is 1. The van der Waals surface area contributed by atoms with Crippen molar-refractivity contribution in [2.24, 2.45) is 0 Å². The molecule has 1 aliphatic heterocycles. The number of halogens is 2. The van der Waals surface area contributed by atoms with Gasteiger partial charge in [-0.3, -0.25) is 9.59 Å². The molecule has 3 aromatic carbocycles. The Morgan fingerprint density at radius 3 is 2.28 bits per heavy atom. The summed E-state index contributed by atoms with van der Waals surface area (Å²) in [4.78, 5) is 27.9. The van der Waals surface area contributed by atoms with E-state index in [-0.39, 0.29) is 11.6 Å². The molecule has 0 unspecified atom stereocenters. The Morgan fingerprint density at radius 2 is 1.66 bits per heavy atom. The first kappa shape index (κ1) is 22.0. The minimum Gasteiger partial charge on any atom is -0.339 e. The number of hydrogen-bond donors (Lipinski definition) is 1. The molecule has 4 nitrogen and oxygen atoms in total. The summed E-state index contributed by atoms with van der Waals surface area (Å²) in [5.41, 5.74) is 3.61. The largest absolute Gasteiger partial charge is 0.339 e. The van der Waals surface area contributed by atoms with Gasteiger partial charge in [-0.2, -0.15) is 0 Å². The maximum Gasteiger partial charge on any atom is 0.254 e. The molecule has 4 rings (SSSR count). The molecule has 0 saturated heterocycles. The van der Waals surface area contributed by atoms with Gasteiger partial charge in [0, 0.05) is 22.3 Å². The highest BCUT2D eigenvalue weighted by molar-refractivity contribution is 9.09. The van der Waals surface area contributed by atoms with Crippen LogP contribution < -0.4 is 10.2 Å². The fourth-order valence-corrected chi connectivity index (χ4v) is 4.60. The van der Waals surface area contributed by atoms with Crippen LogP contribution in [0.2, 0.25) is 0 Å². The number of carbonyl (C=O) groups excluding carboxylic acids is 2. The quantitative estimate of drug-likeness (QED) is 0.468. The topological polar surface area (TPSA) is 49.4 Å². The van der Waals surface area contributed by atoms with Crippen molar-refractivity contribution in [3.8, 4) is 0 Å². The molecule has 0 fully saturated rings. The van der Waals surface area contributed by atoms with Crippen molar-refractivity contribution in [3.63, 3.8) is 0 Å². The molecular weight excluding hydrogens is 471 g/mol.